The van der Waals surface area contributed by atoms with Gasteiger partial charge >= 0.3 is 5.97 Å². The van der Waals surface area contributed by atoms with E-state index in [0.717, 1.165) is 12.1 Å². The van der Waals surface area contributed by atoms with Gasteiger partial charge in [0.1, 0.15) is 29.0 Å². The molecule has 1 aromatic rings. The van der Waals surface area contributed by atoms with Gasteiger partial charge in [0.05, 0.1) is 18.1 Å². The van der Waals surface area contributed by atoms with E-state index in [2.05, 4.69) is 15.9 Å². The van der Waals surface area contributed by atoms with Crippen LogP contribution >= 0.6 is 15.9 Å². The van der Waals surface area contributed by atoms with Crippen molar-refractivity contribution in [1.29, 1.82) is 5.26 Å². The number of allylic oxidation sites excluding steroid dienone is 2. The summed E-state index contributed by atoms with van der Waals surface area (Å²) in [6.07, 6.45) is 0. The molecule has 0 bridgehead atoms. The lowest BCUT2D eigenvalue weighted by molar-refractivity contribution is -0.139. The first-order chi connectivity index (χ1) is 11.3. The van der Waals surface area contributed by atoms with E-state index in [1.807, 2.05) is 6.07 Å². The number of phenols is 1. The number of halogens is 2. The van der Waals surface area contributed by atoms with Gasteiger partial charge in [0.15, 0.2) is 0 Å². The van der Waals surface area contributed by atoms with Crippen LogP contribution in [0.1, 0.15) is 25.3 Å². The first-order valence-electron chi connectivity index (χ1n) is 6.95. The van der Waals surface area contributed by atoms with Gasteiger partial charge in [-0.3, -0.25) is 0 Å². The molecular weight excluding hydrogens is 383 g/mol. The number of nitrogens with two attached hydrogens (primary N) is 1. The third kappa shape index (κ3) is 3.08. The van der Waals surface area contributed by atoms with E-state index in [1.54, 1.807) is 6.92 Å². The van der Waals surface area contributed by atoms with Gasteiger partial charge in [-0.05, 0) is 19.9 Å². The van der Waals surface area contributed by atoms with Gasteiger partial charge in [0, 0.05) is 16.1 Å². The van der Waals surface area contributed by atoms with E-state index in [-0.39, 0.29) is 39.4 Å². The van der Waals surface area contributed by atoms with E-state index in [0.29, 0.717) is 0 Å². The Morgan fingerprint density at radius 2 is 2.25 bits per heavy atom. The summed E-state index contributed by atoms with van der Waals surface area (Å²) in [5.41, 5.74) is 5.82. The van der Waals surface area contributed by atoms with Crippen LogP contribution < -0.4 is 5.73 Å². The number of hydrogen-bond acceptors (Lipinski definition) is 6. The zero-order chi connectivity index (χ0) is 18.0. The van der Waals surface area contributed by atoms with Crippen molar-refractivity contribution in [2.24, 2.45) is 5.73 Å². The Kier molecular flexibility index (Phi) is 5.14. The maximum atomic E-state index is 13.5. The van der Waals surface area contributed by atoms with Crippen molar-refractivity contribution in [2.45, 2.75) is 19.8 Å². The Morgan fingerprint density at radius 3 is 2.79 bits per heavy atom. The minimum absolute atomic E-state index is 0.0187. The molecule has 126 valence electrons. The van der Waals surface area contributed by atoms with E-state index in [9.17, 15) is 19.6 Å². The predicted octanol–water partition coefficient (Wildman–Crippen LogP) is 2.94. The molecule has 0 radical (unpaired) electrons. The number of rotatable bonds is 3. The van der Waals surface area contributed by atoms with Crippen molar-refractivity contribution in [3.05, 3.63) is 50.8 Å². The van der Waals surface area contributed by atoms with Crippen LogP contribution in [0.15, 0.2) is 39.4 Å². The van der Waals surface area contributed by atoms with Crippen LogP contribution in [-0.4, -0.2) is 17.7 Å². The second-order valence-electron chi connectivity index (χ2n) is 4.94. The van der Waals surface area contributed by atoms with Crippen LogP contribution in [0.2, 0.25) is 0 Å². The van der Waals surface area contributed by atoms with Crippen LogP contribution in [-0.2, 0) is 14.3 Å². The number of benzene rings is 1. The summed E-state index contributed by atoms with van der Waals surface area (Å²) in [4.78, 5) is 12.3. The van der Waals surface area contributed by atoms with E-state index in [1.165, 1.54) is 6.92 Å². The molecular formula is C16H14BrFN2O4. The zero-order valence-corrected chi connectivity index (χ0v) is 14.5. The van der Waals surface area contributed by atoms with Gasteiger partial charge in [0.2, 0.25) is 5.88 Å². The molecule has 2 rings (SSSR count). The van der Waals surface area contributed by atoms with Crippen LogP contribution in [0.4, 0.5) is 4.39 Å². The second-order valence-corrected chi connectivity index (χ2v) is 5.79. The average molecular weight is 397 g/mol. The number of phenolic OH excluding ortho intramolecular Hbond substituents is 1. The Hall–Kier alpha value is -2.53. The molecule has 0 spiro atoms. The lowest BCUT2D eigenvalue weighted by Gasteiger charge is -2.27. The molecule has 24 heavy (non-hydrogen) atoms. The maximum absolute atomic E-state index is 13.5. The number of esters is 1. The lowest BCUT2D eigenvalue weighted by atomic mass is 9.82. The van der Waals surface area contributed by atoms with Crippen molar-refractivity contribution in [3.8, 4) is 11.8 Å². The molecule has 1 aliphatic rings. The monoisotopic (exact) mass is 396 g/mol. The summed E-state index contributed by atoms with van der Waals surface area (Å²) in [5, 5.41) is 19.6. The molecule has 0 amide bonds. The Bertz CT molecular complexity index is 788. The smallest absolute Gasteiger partial charge is 0.338 e. The molecule has 0 aliphatic carbocycles. The van der Waals surface area contributed by atoms with Crippen molar-refractivity contribution >= 4 is 21.9 Å². The fourth-order valence-electron chi connectivity index (χ4n) is 2.50. The summed E-state index contributed by atoms with van der Waals surface area (Å²) in [7, 11) is 0. The molecule has 8 heteroatoms. The quantitative estimate of drug-likeness (QED) is 0.760. The largest absolute Gasteiger partial charge is 0.507 e. The summed E-state index contributed by atoms with van der Waals surface area (Å²) in [6.45, 7) is 3.24. The molecule has 0 aromatic heterocycles. The minimum Gasteiger partial charge on any atom is -0.507 e. The van der Waals surface area contributed by atoms with Crippen LogP contribution in [0.5, 0.6) is 5.75 Å². The van der Waals surface area contributed by atoms with E-state index < -0.39 is 23.5 Å². The van der Waals surface area contributed by atoms with Gasteiger partial charge < -0.3 is 20.3 Å². The normalized spacial score (nSPS) is 17.4. The van der Waals surface area contributed by atoms with Crippen molar-refractivity contribution in [1.82, 2.24) is 0 Å². The molecule has 1 atom stereocenters. The van der Waals surface area contributed by atoms with Crippen molar-refractivity contribution in [3.63, 3.8) is 0 Å². The fraction of sp³-hybridized carbons (Fsp3) is 0.250. The molecule has 6 nitrogen and oxygen atoms in total. The molecule has 1 heterocycles. The van der Waals surface area contributed by atoms with E-state index >= 15 is 0 Å². The molecule has 1 aliphatic heterocycles. The summed E-state index contributed by atoms with van der Waals surface area (Å²) >= 11 is 3.16. The zero-order valence-electron chi connectivity index (χ0n) is 12.9. The number of carbonyl (C=O) groups excluding carboxylic acids is 1. The molecule has 0 saturated heterocycles. The third-order valence-corrected chi connectivity index (χ3v) is 4.12. The standard InChI is InChI=1S/C16H14BrFN2O4/c1-3-23-16(22)12-7(2)24-15(20)9(6-19)13(12)14-10(17)4-8(18)5-11(14)21/h4-5,13,21H,3,20H2,1-2H3. The topological polar surface area (TPSA) is 106 Å². The highest BCUT2D eigenvalue weighted by Crippen LogP contribution is 2.45. The average Bonchev–Trinajstić information content (AvgIpc) is 2.46. The molecule has 0 saturated carbocycles. The Labute approximate surface area is 146 Å². The highest BCUT2D eigenvalue weighted by atomic mass is 79.9. The highest BCUT2D eigenvalue weighted by molar-refractivity contribution is 9.10. The fourth-order valence-corrected chi connectivity index (χ4v) is 3.15. The number of carbonyl (C=O) groups is 1. The van der Waals surface area contributed by atoms with Crippen LogP contribution in [0.3, 0.4) is 0 Å². The van der Waals surface area contributed by atoms with Crippen molar-refractivity contribution < 1.29 is 23.8 Å². The van der Waals surface area contributed by atoms with Gasteiger partial charge in [0.25, 0.3) is 0 Å². The SMILES string of the molecule is CCOC(=O)C1=C(C)OC(N)=C(C#N)C1c1c(O)cc(F)cc1Br. The van der Waals surface area contributed by atoms with Crippen LogP contribution in [0.25, 0.3) is 0 Å². The Balaban J connectivity index is 2.75. The number of ether oxygens (including phenoxy) is 2. The van der Waals surface area contributed by atoms with Gasteiger partial charge in [-0.1, -0.05) is 15.9 Å². The number of nitriles is 1. The van der Waals surface area contributed by atoms with E-state index in [4.69, 9.17) is 15.2 Å². The number of hydrogen-bond donors (Lipinski definition) is 2. The lowest BCUT2D eigenvalue weighted by Crippen LogP contribution is -2.25. The maximum Gasteiger partial charge on any atom is 0.338 e. The molecule has 1 unspecified atom stereocenters. The minimum atomic E-state index is -1.04. The van der Waals surface area contributed by atoms with Gasteiger partial charge in [-0.2, -0.15) is 5.26 Å². The van der Waals surface area contributed by atoms with Gasteiger partial charge in [-0.25, -0.2) is 9.18 Å². The number of aromatic hydroxyl groups is 1. The summed E-state index contributed by atoms with van der Waals surface area (Å²) in [5.74, 6) is -2.91. The predicted molar refractivity (Wildman–Crippen MR) is 85.8 cm³/mol. The van der Waals surface area contributed by atoms with Gasteiger partial charge in [-0.15, -0.1) is 0 Å². The molecule has 3 N–H and O–H groups in total. The van der Waals surface area contributed by atoms with Crippen molar-refractivity contribution in [2.75, 3.05) is 6.61 Å². The summed E-state index contributed by atoms with van der Waals surface area (Å²) < 4.78 is 23.9. The van der Waals surface area contributed by atoms with Crippen LogP contribution in [0, 0.1) is 17.1 Å². The molecule has 1 aromatic carbocycles. The molecule has 0 fully saturated rings. The third-order valence-electron chi connectivity index (χ3n) is 3.46. The summed E-state index contributed by atoms with van der Waals surface area (Å²) in [6, 6.07) is 3.89. The first-order valence-corrected chi connectivity index (χ1v) is 7.74. The number of nitrogens with zero attached hydrogens (tertiary/aromatic N) is 1. The Morgan fingerprint density at radius 1 is 1.58 bits per heavy atom. The second kappa shape index (κ2) is 6.93. The first kappa shape index (κ1) is 17.8. The highest BCUT2D eigenvalue weighted by Gasteiger charge is 2.38.